The predicted molar refractivity (Wildman–Crippen MR) is 90.0 cm³/mol. The monoisotopic (exact) mass is 360 g/mol. The van der Waals surface area contributed by atoms with Crippen molar-refractivity contribution in [1.82, 2.24) is 10.2 Å². The number of carboxylic acids is 1. The Labute approximate surface area is 147 Å². The molecule has 1 saturated heterocycles. The standard InChI is InChI=1S/C17H13ClN2O5/c1-2-20-15(21)13(19-17(20)24)8-10-4-6-14(25-10)11-7-9(16(22)23)3-5-12(11)18/h3-8H,2H2,1H3,(H,19,24)(H,22,23)/b13-8+. The molecule has 0 saturated carbocycles. The molecule has 0 bridgehead atoms. The van der Waals surface area contributed by atoms with Gasteiger partial charge in [-0.1, -0.05) is 11.6 Å². The number of furan rings is 1. The van der Waals surface area contributed by atoms with Gasteiger partial charge < -0.3 is 14.8 Å². The maximum absolute atomic E-state index is 12.0. The molecule has 7 nitrogen and oxygen atoms in total. The van der Waals surface area contributed by atoms with Crippen molar-refractivity contribution in [2.24, 2.45) is 0 Å². The van der Waals surface area contributed by atoms with Crippen LogP contribution in [0, 0.1) is 0 Å². The Balaban J connectivity index is 1.93. The van der Waals surface area contributed by atoms with Crippen molar-refractivity contribution in [3.63, 3.8) is 0 Å². The summed E-state index contributed by atoms with van der Waals surface area (Å²) in [7, 11) is 0. The van der Waals surface area contributed by atoms with Crippen LogP contribution in [0.25, 0.3) is 17.4 Å². The number of hydrogen-bond acceptors (Lipinski definition) is 4. The van der Waals surface area contributed by atoms with Crippen molar-refractivity contribution in [3.05, 3.63) is 52.4 Å². The first-order valence-electron chi connectivity index (χ1n) is 7.38. The zero-order chi connectivity index (χ0) is 18.1. The van der Waals surface area contributed by atoms with E-state index < -0.39 is 17.9 Å². The van der Waals surface area contributed by atoms with Crippen LogP contribution in [0.15, 0.2) is 40.4 Å². The van der Waals surface area contributed by atoms with E-state index in [1.807, 2.05) is 0 Å². The van der Waals surface area contributed by atoms with Crippen LogP contribution in [0.5, 0.6) is 0 Å². The molecule has 1 aliphatic rings. The van der Waals surface area contributed by atoms with Gasteiger partial charge in [-0.2, -0.15) is 0 Å². The maximum atomic E-state index is 12.0. The topological polar surface area (TPSA) is 99.8 Å². The number of amides is 3. The minimum atomic E-state index is -1.08. The van der Waals surface area contributed by atoms with Gasteiger partial charge in [0.2, 0.25) is 0 Å². The van der Waals surface area contributed by atoms with Gasteiger partial charge in [-0.05, 0) is 37.3 Å². The van der Waals surface area contributed by atoms with Gasteiger partial charge in [0.1, 0.15) is 17.2 Å². The molecule has 0 unspecified atom stereocenters. The average Bonchev–Trinajstić information content (AvgIpc) is 3.13. The molecule has 3 rings (SSSR count). The Morgan fingerprint density at radius 2 is 2.08 bits per heavy atom. The van der Waals surface area contributed by atoms with E-state index in [2.05, 4.69) is 5.32 Å². The third-order valence-electron chi connectivity index (χ3n) is 3.67. The quantitative estimate of drug-likeness (QED) is 0.644. The minimum Gasteiger partial charge on any atom is -0.478 e. The Morgan fingerprint density at radius 1 is 1.32 bits per heavy atom. The Hall–Kier alpha value is -3.06. The third kappa shape index (κ3) is 3.14. The highest BCUT2D eigenvalue weighted by atomic mass is 35.5. The lowest BCUT2D eigenvalue weighted by molar-refractivity contribution is -0.122. The molecular formula is C17H13ClN2O5. The molecule has 1 aromatic heterocycles. The van der Waals surface area contributed by atoms with Gasteiger partial charge in [-0.3, -0.25) is 9.69 Å². The molecule has 1 fully saturated rings. The number of carbonyl (C=O) groups excluding carboxylic acids is 2. The van der Waals surface area contributed by atoms with Gasteiger partial charge in [0.25, 0.3) is 5.91 Å². The van der Waals surface area contributed by atoms with Crippen LogP contribution < -0.4 is 5.32 Å². The number of likely N-dealkylation sites (N-methyl/N-ethyl adjacent to an activating group) is 1. The summed E-state index contributed by atoms with van der Waals surface area (Å²) in [5.41, 5.74) is 0.605. The number of urea groups is 1. The fourth-order valence-corrected chi connectivity index (χ4v) is 2.63. The van der Waals surface area contributed by atoms with Crippen LogP contribution in [0.3, 0.4) is 0 Å². The second-order valence-corrected chi connectivity index (χ2v) is 5.65. The first kappa shape index (κ1) is 16.8. The van der Waals surface area contributed by atoms with E-state index in [-0.39, 0.29) is 17.8 Å². The van der Waals surface area contributed by atoms with Gasteiger partial charge >= 0.3 is 12.0 Å². The summed E-state index contributed by atoms with van der Waals surface area (Å²) < 4.78 is 5.62. The van der Waals surface area contributed by atoms with Gasteiger partial charge in [0.15, 0.2) is 0 Å². The maximum Gasteiger partial charge on any atom is 0.335 e. The molecule has 128 valence electrons. The molecule has 8 heteroatoms. The van der Waals surface area contributed by atoms with Crippen molar-refractivity contribution < 1.29 is 23.9 Å². The molecule has 3 amide bonds. The second-order valence-electron chi connectivity index (χ2n) is 5.24. The zero-order valence-corrected chi connectivity index (χ0v) is 13.8. The number of carbonyl (C=O) groups is 3. The molecular weight excluding hydrogens is 348 g/mol. The molecule has 0 radical (unpaired) electrons. The largest absolute Gasteiger partial charge is 0.478 e. The molecule has 2 heterocycles. The number of hydrogen-bond donors (Lipinski definition) is 2. The van der Waals surface area contributed by atoms with E-state index in [9.17, 15) is 14.4 Å². The van der Waals surface area contributed by atoms with Gasteiger partial charge in [0.05, 0.1) is 10.6 Å². The summed E-state index contributed by atoms with van der Waals surface area (Å²) >= 11 is 6.11. The zero-order valence-electron chi connectivity index (χ0n) is 13.1. The van der Waals surface area contributed by atoms with Crippen molar-refractivity contribution in [2.45, 2.75) is 6.92 Å². The summed E-state index contributed by atoms with van der Waals surface area (Å²) in [6.07, 6.45) is 1.41. The highest BCUT2D eigenvalue weighted by Gasteiger charge is 2.32. The Bertz CT molecular complexity index is 916. The average molecular weight is 361 g/mol. The van der Waals surface area contributed by atoms with Crippen LogP contribution >= 0.6 is 11.6 Å². The fourth-order valence-electron chi connectivity index (χ4n) is 2.42. The first-order valence-corrected chi connectivity index (χ1v) is 7.76. The van der Waals surface area contributed by atoms with Gasteiger partial charge in [-0.15, -0.1) is 0 Å². The number of nitrogens with zero attached hydrogens (tertiary/aromatic N) is 1. The van der Waals surface area contributed by atoms with E-state index in [1.54, 1.807) is 19.1 Å². The highest BCUT2D eigenvalue weighted by Crippen LogP contribution is 2.31. The number of imide groups is 1. The Morgan fingerprint density at radius 3 is 2.72 bits per heavy atom. The molecule has 2 aromatic rings. The molecule has 0 atom stereocenters. The Kier molecular flexibility index (Phi) is 4.33. The normalized spacial score (nSPS) is 15.8. The first-order chi connectivity index (χ1) is 11.9. The third-order valence-corrected chi connectivity index (χ3v) is 4.00. The van der Waals surface area contributed by atoms with Gasteiger partial charge in [0, 0.05) is 18.2 Å². The summed E-state index contributed by atoms with van der Waals surface area (Å²) in [4.78, 5) is 35.9. The van der Waals surface area contributed by atoms with Crippen LogP contribution in [-0.2, 0) is 4.79 Å². The molecule has 1 aliphatic heterocycles. The number of benzene rings is 1. The van der Waals surface area contributed by atoms with Crippen molar-refractivity contribution >= 4 is 35.6 Å². The molecule has 1 aromatic carbocycles. The van der Waals surface area contributed by atoms with Crippen molar-refractivity contribution in [2.75, 3.05) is 6.54 Å². The number of nitrogens with one attached hydrogen (secondary N) is 1. The number of aromatic carboxylic acids is 1. The van der Waals surface area contributed by atoms with Crippen LogP contribution in [0.1, 0.15) is 23.0 Å². The SMILES string of the molecule is CCN1C(=O)N/C(=C/c2ccc(-c3cc(C(=O)O)ccc3Cl)o2)C1=O. The number of carboxylic acid groups (broad SMARTS) is 1. The van der Waals surface area contributed by atoms with E-state index in [4.69, 9.17) is 21.1 Å². The minimum absolute atomic E-state index is 0.0764. The summed E-state index contributed by atoms with van der Waals surface area (Å²) in [6, 6.07) is 7.00. The van der Waals surface area contributed by atoms with Crippen LogP contribution in [0.4, 0.5) is 4.79 Å². The summed E-state index contributed by atoms with van der Waals surface area (Å²) in [5, 5.41) is 11.9. The lowest BCUT2D eigenvalue weighted by Gasteiger charge is -2.05. The molecule has 2 N–H and O–H groups in total. The van der Waals surface area contributed by atoms with E-state index >= 15 is 0 Å². The molecule has 0 spiro atoms. The smallest absolute Gasteiger partial charge is 0.335 e. The van der Waals surface area contributed by atoms with Crippen molar-refractivity contribution in [3.8, 4) is 11.3 Å². The lowest BCUT2D eigenvalue weighted by Crippen LogP contribution is -2.30. The summed E-state index contributed by atoms with van der Waals surface area (Å²) in [6.45, 7) is 1.96. The summed E-state index contributed by atoms with van der Waals surface area (Å²) in [5.74, 6) is -0.834. The lowest BCUT2D eigenvalue weighted by atomic mass is 10.1. The van der Waals surface area contributed by atoms with Crippen LogP contribution in [-0.4, -0.2) is 34.5 Å². The highest BCUT2D eigenvalue weighted by molar-refractivity contribution is 6.33. The van der Waals surface area contributed by atoms with Gasteiger partial charge in [-0.25, -0.2) is 9.59 Å². The molecule has 0 aliphatic carbocycles. The van der Waals surface area contributed by atoms with E-state index in [1.165, 1.54) is 24.3 Å². The molecule has 25 heavy (non-hydrogen) atoms. The van der Waals surface area contributed by atoms with E-state index in [0.717, 1.165) is 4.90 Å². The van der Waals surface area contributed by atoms with Crippen molar-refractivity contribution in [1.29, 1.82) is 0 Å². The number of rotatable bonds is 4. The number of halogens is 1. The fraction of sp³-hybridized carbons (Fsp3) is 0.118. The van der Waals surface area contributed by atoms with E-state index in [0.29, 0.717) is 22.1 Å². The van der Waals surface area contributed by atoms with Crippen LogP contribution in [0.2, 0.25) is 5.02 Å². The predicted octanol–water partition coefficient (Wildman–Crippen LogP) is 3.21. The second kappa shape index (κ2) is 6.45.